The Kier molecular flexibility index (Phi) is 7.06. The van der Waals surface area contributed by atoms with Gasteiger partial charge in [0.25, 0.3) is 0 Å². The van der Waals surface area contributed by atoms with Crippen LogP contribution in [-0.2, 0) is 6.54 Å². The Bertz CT molecular complexity index is 905. The fourth-order valence-corrected chi connectivity index (χ4v) is 4.10. The van der Waals surface area contributed by atoms with Crippen molar-refractivity contribution in [1.82, 2.24) is 20.3 Å². The van der Waals surface area contributed by atoms with E-state index in [1.165, 1.54) is 24.3 Å². The zero-order valence-electron chi connectivity index (χ0n) is 17.7. The number of rotatable bonds is 8. The molecule has 1 fully saturated rings. The number of hydrogen-bond acceptors (Lipinski definition) is 5. The van der Waals surface area contributed by atoms with E-state index >= 15 is 0 Å². The number of piperazine rings is 1. The molecule has 0 saturated carbocycles. The summed E-state index contributed by atoms with van der Waals surface area (Å²) in [6, 6.07) is 15.2. The summed E-state index contributed by atoms with van der Waals surface area (Å²) in [5.74, 6) is 0.350. The molecule has 3 aromatic rings. The van der Waals surface area contributed by atoms with Gasteiger partial charge in [-0.1, -0.05) is 29.4 Å². The van der Waals surface area contributed by atoms with E-state index in [-0.39, 0.29) is 17.7 Å². The zero-order chi connectivity index (χ0) is 21.6. The van der Waals surface area contributed by atoms with Crippen molar-refractivity contribution in [3.8, 4) is 0 Å². The lowest BCUT2D eigenvalue weighted by molar-refractivity contribution is 0.110. The van der Waals surface area contributed by atoms with Crippen LogP contribution in [-0.4, -0.2) is 54.2 Å². The summed E-state index contributed by atoms with van der Waals surface area (Å²) in [5, 5.41) is 7.30. The van der Waals surface area contributed by atoms with Crippen LogP contribution in [0.5, 0.6) is 0 Å². The first kappa shape index (κ1) is 21.6. The van der Waals surface area contributed by atoms with Gasteiger partial charge in [-0.2, -0.15) is 0 Å². The summed E-state index contributed by atoms with van der Waals surface area (Å²) in [6.07, 6.45) is 0. The van der Waals surface area contributed by atoms with Crippen LogP contribution in [0.15, 0.2) is 59.1 Å². The minimum absolute atomic E-state index is 0.0174. The summed E-state index contributed by atoms with van der Waals surface area (Å²) in [4.78, 5) is 4.82. The average molecular weight is 427 g/mol. The van der Waals surface area contributed by atoms with E-state index in [0.29, 0.717) is 6.54 Å². The summed E-state index contributed by atoms with van der Waals surface area (Å²) < 4.78 is 32.2. The Morgan fingerprint density at radius 3 is 2.03 bits per heavy atom. The molecule has 0 aliphatic carbocycles. The second-order valence-electron chi connectivity index (χ2n) is 7.99. The number of nitrogens with one attached hydrogen (secondary N) is 1. The highest BCUT2D eigenvalue weighted by atomic mass is 19.1. The second kappa shape index (κ2) is 10.1. The molecule has 31 heavy (non-hydrogen) atoms. The van der Waals surface area contributed by atoms with Crippen molar-refractivity contribution in [2.24, 2.45) is 0 Å². The first-order valence-electron chi connectivity index (χ1n) is 10.7. The minimum Gasteiger partial charge on any atom is -0.360 e. The third kappa shape index (κ3) is 5.76. The standard InChI is InChI=1S/C24H28F2N4O/c1-18-16-23(31-28-18)17-27-10-11-29-12-14-30(15-13-29)24(19-2-6-21(25)7-3-19)20-4-8-22(26)9-5-20/h2-9,16,24,27H,10-15,17H2,1H3. The van der Waals surface area contributed by atoms with Crippen molar-refractivity contribution in [3.63, 3.8) is 0 Å². The lowest BCUT2D eigenvalue weighted by Gasteiger charge is -2.39. The van der Waals surface area contributed by atoms with Gasteiger partial charge in [-0.05, 0) is 42.3 Å². The maximum Gasteiger partial charge on any atom is 0.150 e. The molecule has 2 aromatic carbocycles. The molecule has 0 unspecified atom stereocenters. The summed E-state index contributed by atoms with van der Waals surface area (Å²) in [7, 11) is 0. The van der Waals surface area contributed by atoms with E-state index in [9.17, 15) is 8.78 Å². The van der Waals surface area contributed by atoms with Gasteiger partial charge in [0, 0.05) is 45.3 Å². The van der Waals surface area contributed by atoms with E-state index < -0.39 is 0 Å². The maximum absolute atomic E-state index is 13.5. The normalized spacial score (nSPS) is 15.6. The molecule has 0 bridgehead atoms. The first-order chi connectivity index (χ1) is 15.1. The van der Waals surface area contributed by atoms with Crippen LogP contribution >= 0.6 is 0 Å². The summed E-state index contributed by atoms with van der Waals surface area (Å²) >= 11 is 0. The van der Waals surface area contributed by atoms with Crippen LogP contribution in [0.1, 0.15) is 28.6 Å². The Hall–Kier alpha value is -2.61. The van der Waals surface area contributed by atoms with Crippen molar-refractivity contribution in [3.05, 3.63) is 88.8 Å². The molecule has 1 aliphatic heterocycles. The zero-order valence-corrected chi connectivity index (χ0v) is 17.7. The highest BCUT2D eigenvalue weighted by molar-refractivity contribution is 5.32. The molecule has 0 radical (unpaired) electrons. The molecule has 2 heterocycles. The van der Waals surface area contributed by atoms with Crippen molar-refractivity contribution in [2.75, 3.05) is 39.3 Å². The third-order valence-corrected chi connectivity index (χ3v) is 5.72. The number of halogens is 2. The van der Waals surface area contributed by atoms with Gasteiger partial charge in [-0.15, -0.1) is 0 Å². The fourth-order valence-electron chi connectivity index (χ4n) is 4.10. The molecular formula is C24H28F2N4O. The number of hydrogen-bond donors (Lipinski definition) is 1. The van der Waals surface area contributed by atoms with Crippen LogP contribution in [0.2, 0.25) is 0 Å². The van der Waals surface area contributed by atoms with E-state index in [4.69, 9.17) is 4.52 Å². The fraction of sp³-hybridized carbons (Fsp3) is 0.375. The van der Waals surface area contributed by atoms with E-state index in [1.807, 2.05) is 37.3 Å². The summed E-state index contributed by atoms with van der Waals surface area (Å²) in [6.45, 7) is 8.10. The third-order valence-electron chi connectivity index (χ3n) is 5.72. The molecule has 5 nitrogen and oxygen atoms in total. The lowest BCUT2D eigenvalue weighted by Crippen LogP contribution is -2.49. The molecule has 7 heteroatoms. The van der Waals surface area contributed by atoms with Gasteiger partial charge in [0.1, 0.15) is 11.6 Å². The predicted molar refractivity (Wildman–Crippen MR) is 116 cm³/mol. The SMILES string of the molecule is Cc1cc(CNCCN2CCN(C(c3ccc(F)cc3)c3ccc(F)cc3)CC2)on1. The topological polar surface area (TPSA) is 44.5 Å². The average Bonchev–Trinajstić information content (AvgIpc) is 3.20. The molecule has 1 aromatic heterocycles. The highest BCUT2D eigenvalue weighted by Crippen LogP contribution is 2.30. The lowest BCUT2D eigenvalue weighted by atomic mass is 9.96. The quantitative estimate of drug-likeness (QED) is 0.556. The van der Waals surface area contributed by atoms with E-state index in [1.54, 1.807) is 0 Å². The molecule has 1 saturated heterocycles. The second-order valence-corrected chi connectivity index (χ2v) is 7.99. The number of nitrogens with zero attached hydrogens (tertiary/aromatic N) is 3. The van der Waals surface area contributed by atoms with Gasteiger partial charge < -0.3 is 9.84 Å². The monoisotopic (exact) mass is 426 g/mol. The van der Waals surface area contributed by atoms with Crippen molar-refractivity contribution in [1.29, 1.82) is 0 Å². The minimum atomic E-state index is -0.251. The molecule has 164 valence electrons. The number of aryl methyl sites for hydroxylation is 1. The van der Waals surface area contributed by atoms with Crippen molar-refractivity contribution in [2.45, 2.75) is 19.5 Å². The van der Waals surface area contributed by atoms with Gasteiger partial charge in [0.2, 0.25) is 0 Å². The van der Waals surface area contributed by atoms with Gasteiger partial charge >= 0.3 is 0 Å². The van der Waals surface area contributed by atoms with Crippen LogP contribution < -0.4 is 5.32 Å². The Labute approximate surface area is 181 Å². The van der Waals surface area contributed by atoms with Gasteiger partial charge in [0.15, 0.2) is 5.76 Å². The van der Waals surface area contributed by atoms with Crippen molar-refractivity contribution >= 4 is 0 Å². The van der Waals surface area contributed by atoms with Crippen LogP contribution in [0, 0.1) is 18.6 Å². The number of benzene rings is 2. The molecular weight excluding hydrogens is 398 g/mol. The van der Waals surface area contributed by atoms with Crippen LogP contribution in [0.25, 0.3) is 0 Å². The van der Waals surface area contributed by atoms with Gasteiger partial charge in [-0.3, -0.25) is 9.80 Å². The Morgan fingerprint density at radius 1 is 0.935 bits per heavy atom. The van der Waals surface area contributed by atoms with E-state index in [2.05, 4.69) is 20.3 Å². The molecule has 4 rings (SSSR count). The molecule has 1 N–H and O–H groups in total. The van der Waals surface area contributed by atoms with Crippen LogP contribution in [0.4, 0.5) is 8.78 Å². The Morgan fingerprint density at radius 2 is 1.52 bits per heavy atom. The van der Waals surface area contributed by atoms with Crippen LogP contribution in [0.3, 0.4) is 0 Å². The predicted octanol–water partition coefficient (Wildman–Crippen LogP) is 3.76. The van der Waals surface area contributed by atoms with Crippen molar-refractivity contribution < 1.29 is 13.3 Å². The smallest absolute Gasteiger partial charge is 0.150 e. The number of aromatic nitrogens is 1. The van der Waals surface area contributed by atoms with Gasteiger partial charge in [-0.25, -0.2) is 8.78 Å². The van der Waals surface area contributed by atoms with Gasteiger partial charge in [0.05, 0.1) is 18.3 Å². The Balaban J connectivity index is 1.33. The van der Waals surface area contributed by atoms with E-state index in [0.717, 1.165) is 61.8 Å². The largest absolute Gasteiger partial charge is 0.360 e. The molecule has 1 aliphatic rings. The summed E-state index contributed by atoms with van der Waals surface area (Å²) in [5.41, 5.74) is 2.93. The first-order valence-corrected chi connectivity index (χ1v) is 10.7. The highest BCUT2D eigenvalue weighted by Gasteiger charge is 2.26. The molecule has 0 amide bonds. The maximum atomic E-state index is 13.5. The molecule has 0 spiro atoms. The molecule has 0 atom stereocenters.